The van der Waals surface area contributed by atoms with E-state index in [0.29, 0.717) is 55.2 Å². The fourth-order valence-corrected chi connectivity index (χ4v) is 4.94. The zero-order valence-corrected chi connectivity index (χ0v) is 26.8. The molecule has 0 radical (unpaired) electrons. The van der Waals surface area contributed by atoms with Gasteiger partial charge in [-0.15, -0.1) is 0 Å². The number of nitrogens with one attached hydrogen (secondary N) is 3. The SMILES string of the molecule is CCCN(CCC)C(=O)c1cc(C(=O)N[C@H](CCN[C@@H](C)C(=O)NCC(C)C)Cc2cc(F)cc(F)c2)cc(-c2ncco2)c1. The van der Waals surface area contributed by atoms with Crippen molar-refractivity contribution >= 4 is 17.7 Å². The van der Waals surface area contributed by atoms with Crippen molar-refractivity contribution in [3.05, 3.63) is 77.2 Å². The Morgan fingerprint density at radius 3 is 2.20 bits per heavy atom. The van der Waals surface area contributed by atoms with Gasteiger partial charge < -0.3 is 25.3 Å². The molecule has 0 spiro atoms. The van der Waals surface area contributed by atoms with Gasteiger partial charge in [0.15, 0.2) is 0 Å². The van der Waals surface area contributed by atoms with Crippen molar-refractivity contribution in [3.63, 3.8) is 0 Å². The van der Waals surface area contributed by atoms with E-state index in [1.807, 2.05) is 27.7 Å². The molecule has 0 saturated heterocycles. The summed E-state index contributed by atoms with van der Waals surface area (Å²) in [5.41, 5.74) is 1.38. The lowest BCUT2D eigenvalue weighted by molar-refractivity contribution is -0.122. The summed E-state index contributed by atoms with van der Waals surface area (Å²) in [5, 5.41) is 9.03. The van der Waals surface area contributed by atoms with Crippen LogP contribution in [0.2, 0.25) is 0 Å². The third kappa shape index (κ3) is 11.1. The highest BCUT2D eigenvalue weighted by Crippen LogP contribution is 2.23. The standard InChI is InChI=1S/C34H45F2N5O4/c1-6-11-41(12-7-2)34(44)27-18-25(17-26(19-27)33-38-10-13-45-33)32(43)40-30(16-24-14-28(35)20-29(36)15-24)8-9-37-23(5)31(42)39-21-22(3)4/h10,13-15,17-20,22-23,30,37H,6-9,11-12,16,21H2,1-5H3,(H,39,42)(H,40,43)/t23-,30+/m0/s1. The molecule has 1 aromatic heterocycles. The average Bonchev–Trinajstić information content (AvgIpc) is 3.54. The Hall–Kier alpha value is -4.12. The van der Waals surface area contributed by atoms with Gasteiger partial charge in [0.25, 0.3) is 11.8 Å². The first kappa shape index (κ1) is 35.4. The number of carbonyl (C=O) groups excluding carboxylic acids is 3. The zero-order valence-electron chi connectivity index (χ0n) is 26.8. The van der Waals surface area contributed by atoms with Gasteiger partial charge in [-0.2, -0.15) is 0 Å². The first-order chi connectivity index (χ1) is 21.5. The number of halogens is 2. The largest absolute Gasteiger partial charge is 0.445 e. The van der Waals surface area contributed by atoms with E-state index in [1.165, 1.54) is 24.6 Å². The maximum atomic E-state index is 14.0. The second-order valence-corrected chi connectivity index (χ2v) is 11.7. The second kappa shape index (κ2) is 17.4. The molecule has 3 amide bonds. The van der Waals surface area contributed by atoms with Crippen LogP contribution in [0.15, 0.2) is 53.3 Å². The number of hydrogen-bond donors (Lipinski definition) is 3. The maximum Gasteiger partial charge on any atom is 0.253 e. The molecule has 0 aliphatic heterocycles. The Balaban J connectivity index is 1.86. The van der Waals surface area contributed by atoms with Gasteiger partial charge in [-0.05, 0) is 81.0 Å². The van der Waals surface area contributed by atoms with Crippen LogP contribution in [-0.2, 0) is 11.2 Å². The molecular formula is C34H45F2N5O4. The van der Waals surface area contributed by atoms with Crippen LogP contribution >= 0.6 is 0 Å². The minimum absolute atomic E-state index is 0.141. The predicted molar refractivity (Wildman–Crippen MR) is 170 cm³/mol. The first-order valence-electron chi connectivity index (χ1n) is 15.6. The molecule has 3 N–H and O–H groups in total. The fraction of sp³-hybridized carbons (Fsp3) is 0.471. The fourth-order valence-electron chi connectivity index (χ4n) is 4.94. The minimum atomic E-state index is -0.714. The number of oxazole rings is 1. The summed E-state index contributed by atoms with van der Waals surface area (Å²) in [6.45, 7) is 11.8. The number of rotatable bonds is 17. The lowest BCUT2D eigenvalue weighted by Crippen LogP contribution is -2.45. The quantitative estimate of drug-likeness (QED) is 0.186. The van der Waals surface area contributed by atoms with Crippen LogP contribution in [0, 0.1) is 17.6 Å². The van der Waals surface area contributed by atoms with Crippen LogP contribution in [0.3, 0.4) is 0 Å². The molecule has 45 heavy (non-hydrogen) atoms. The van der Waals surface area contributed by atoms with Crippen LogP contribution < -0.4 is 16.0 Å². The minimum Gasteiger partial charge on any atom is -0.445 e. The summed E-state index contributed by atoms with van der Waals surface area (Å²) in [6, 6.07) is 7.02. The molecule has 3 aromatic rings. The summed E-state index contributed by atoms with van der Waals surface area (Å²) in [5.74, 6) is -1.68. The van der Waals surface area contributed by atoms with Crippen LogP contribution in [0.25, 0.3) is 11.5 Å². The van der Waals surface area contributed by atoms with Crippen molar-refractivity contribution in [2.75, 3.05) is 26.2 Å². The van der Waals surface area contributed by atoms with Gasteiger partial charge in [-0.25, -0.2) is 13.8 Å². The molecular weight excluding hydrogens is 580 g/mol. The third-order valence-corrected chi connectivity index (χ3v) is 7.16. The summed E-state index contributed by atoms with van der Waals surface area (Å²) >= 11 is 0. The molecule has 0 fully saturated rings. The Labute approximate surface area is 264 Å². The number of amides is 3. The average molecular weight is 626 g/mol. The van der Waals surface area contributed by atoms with Gasteiger partial charge in [0, 0.05) is 48.4 Å². The Morgan fingerprint density at radius 2 is 1.60 bits per heavy atom. The van der Waals surface area contributed by atoms with Crippen LogP contribution in [0.4, 0.5) is 8.78 Å². The van der Waals surface area contributed by atoms with Gasteiger partial charge in [0.2, 0.25) is 11.8 Å². The summed E-state index contributed by atoms with van der Waals surface area (Å²) in [6.07, 6.45) is 4.96. The lowest BCUT2D eigenvalue weighted by atomic mass is 10.0. The second-order valence-electron chi connectivity index (χ2n) is 11.7. The monoisotopic (exact) mass is 625 g/mol. The molecule has 0 saturated carbocycles. The highest BCUT2D eigenvalue weighted by atomic mass is 19.1. The molecule has 1 heterocycles. The number of carbonyl (C=O) groups is 3. The van der Waals surface area contributed by atoms with E-state index < -0.39 is 29.6 Å². The van der Waals surface area contributed by atoms with E-state index in [4.69, 9.17) is 4.42 Å². The number of nitrogens with zero attached hydrogens (tertiary/aromatic N) is 2. The summed E-state index contributed by atoms with van der Waals surface area (Å²) in [4.78, 5) is 45.6. The highest BCUT2D eigenvalue weighted by molar-refractivity contribution is 6.01. The van der Waals surface area contributed by atoms with E-state index in [9.17, 15) is 23.2 Å². The molecule has 11 heteroatoms. The first-order valence-corrected chi connectivity index (χ1v) is 15.6. The molecule has 9 nitrogen and oxygen atoms in total. The van der Waals surface area contributed by atoms with Crippen LogP contribution in [0.1, 0.15) is 80.2 Å². The van der Waals surface area contributed by atoms with Crippen molar-refractivity contribution < 1.29 is 27.6 Å². The third-order valence-electron chi connectivity index (χ3n) is 7.16. The van der Waals surface area contributed by atoms with Gasteiger partial charge in [-0.1, -0.05) is 27.7 Å². The van der Waals surface area contributed by atoms with E-state index >= 15 is 0 Å². The molecule has 0 aliphatic carbocycles. The molecule has 0 unspecified atom stereocenters. The van der Waals surface area contributed by atoms with Crippen LogP contribution in [-0.4, -0.2) is 65.9 Å². The molecule has 2 atom stereocenters. The molecule has 0 aliphatic rings. The Bertz CT molecular complexity index is 1390. The van der Waals surface area contributed by atoms with Gasteiger partial charge in [0.05, 0.1) is 12.2 Å². The summed E-state index contributed by atoms with van der Waals surface area (Å²) < 4.78 is 33.5. The van der Waals surface area contributed by atoms with E-state index in [2.05, 4.69) is 20.9 Å². The van der Waals surface area contributed by atoms with Crippen molar-refractivity contribution in [2.45, 2.75) is 72.4 Å². The van der Waals surface area contributed by atoms with Gasteiger partial charge >= 0.3 is 0 Å². The maximum absolute atomic E-state index is 14.0. The Morgan fingerprint density at radius 1 is 0.933 bits per heavy atom. The molecule has 3 rings (SSSR count). The predicted octanol–water partition coefficient (Wildman–Crippen LogP) is 5.36. The highest BCUT2D eigenvalue weighted by Gasteiger charge is 2.22. The van der Waals surface area contributed by atoms with E-state index in [0.717, 1.165) is 18.9 Å². The smallest absolute Gasteiger partial charge is 0.253 e. The number of benzene rings is 2. The van der Waals surface area contributed by atoms with Crippen molar-refractivity contribution in [3.8, 4) is 11.5 Å². The van der Waals surface area contributed by atoms with E-state index in [-0.39, 0.29) is 29.7 Å². The molecule has 244 valence electrons. The number of hydrogen-bond acceptors (Lipinski definition) is 6. The van der Waals surface area contributed by atoms with Gasteiger partial charge in [-0.3, -0.25) is 14.4 Å². The molecule has 2 aromatic carbocycles. The normalized spacial score (nSPS) is 12.5. The van der Waals surface area contributed by atoms with E-state index in [1.54, 1.807) is 30.0 Å². The number of aromatic nitrogens is 1. The van der Waals surface area contributed by atoms with Crippen molar-refractivity contribution in [2.24, 2.45) is 5.92 Å². The topological polar surface area (TPSA) is 117 Å². The Kier molecular flexibility index (Phi) is 13.7. The van der Waals surface area contributed by atoms with Gasteiger partial charge in [0.1, 0.15) is 17.9 Å². The van der Waals surface area contributed by atoms with Crippen molar-refractivity contribution in [1.82, 2.24) is 25.8 Å². The lowest BCUT2D eigenvalue weighted by Gasteiger charge is -2.23. The van der Waals surface area contributed by atoms with Crippen molar-refractivity contribution in [1.29, 1.82) is 0 Å². The molecule has 0 bridgehead atoms. The summed E-state index contributed by atoms with van der Waals surface area (Å²) in [7, 11) is 0. The van der Waals surface area contributed by atoms with Crippen LogP contribution in [0.5, 0.6) is 0 Å². The zero-order chi connectivity index (χ0) is 32.9.